The molecule has 0 spiro atoms. The molecule has 2 unspecified atom stereocenters. The molecule has 3 N–H and O–H groups in total. The number of carbonyl (C=O) groups excluding carboxylic acids is 1. The molecule has 0 aromatic heterocycles. The van der Waals surface area contributed by atoms with Crippen molar-refractivity contribution in [2.24, 2.45) is 0 Å². The zero-order valence-electron chi connectivity index (χ0n) is 9.68. The molecular formula is C11H22N2O2. The molecule has 1 fully saturated rings. The second-order valence-electron chi connectivity index (χ2n) is 4.61. The maximum Gasteiger partial charge on any atom is 0.240 e. The van der Waals surface area contributed by atoms with E-state index < -0.39 is 0 Å². The van der Waals surface area contributed by atoms with Crippen molar-refractivity contribution >= 4 is 5.91 Å². The third-order valence-corrected chi connectivity index (χ3v) is 2.95. The zero-order valence-corrected chi connectivity index (χ0v) is 9.68. The Morgan fingerprint density at radius 3 is 2.93 bits per heavy atom. The van der Waals surface area contributed by atoms with Gasteiger partial charge in [-0.25, -0.2) is 0 Å². The third-order valence-electron chi connectivity index (χ3n) is 2.95. The van der Waals surface area contributed by atoms with E-state index in [0.717, 1.165) is 32.2 Å². The normalized spacial score (nSPS) is 27.7. The van der Waals surface area contributed by atoms with Gasteiger partial charge < -0.3 is 15.7 Å². The Morgan fingerprint density at radius 2 is 2.40 bits per heavy atom. The first kappa shape index (κ1) is 12.5. The molecule has 4 heteroatoms. The van der Waals surface area contributed by atoms with Gasteiger partial charge in [-0.1, -0.05) is 0 Å². The van der Waals surface area contributed by atoms with E-state index in [1.807, 2.05) is 6.92 Å². The molecule has 0 radical (unpaired) electrons. The fraction of sp³-hybridized carbons (Fsp3) is 0.909. The highest BCUT2D eigenvalue weighted by Crippen LogP contribution is 2.18. The number of nitrogens with one attached hydrogen (secondary N) is 2. The van der Waals surface area contributed by atoms with E-state index in [2.05, 4.69) is 10.6 Å². The highest BCUT2D eigenvalue weighted by Gasteiger charge is 2.35. The first-order valence-corrected chi connectivity index (χ1v) is 5.76. The Morgan fingerprint density at radius 1 is 1.67 bits per heavy atom. The minimum Gasteiger partial charge on any atom is -0.393 e. The van der Waals surface area contributed by atoms with Crippen LogP contribution in [0.2, 0.25) is 0 Å². The fourth-order valence-electron chi connectivity index (χ4n) is 1.88. The number of hydrogen-bond acceptors (Lipinski definition) is 3. The average Bonchev–Trinajstić information content (AvgIpc) is 2.60. The summed E-state index contributed by atoms with van der Waals surface area (Å²) < 4.78 is 0. The van der Waals surface area contributed by atoms with Crippen LogP contribution in [-0.4, -0.2) is 35.7 Å². The molecule has 4 nitrogen and oxygen atoms in total. The number of rotatable bonds is 5. The first-order chi connectivity index (χ1) is 7.04. The van der Waals surface area contributed by atoms with E-state index in [4.69, 9.17) is 5.11 Å². The standard InChI is InChI=1S/C11H22N2O2/c1-9(14)5-3-7-12-10(15)11(2)6-4-8-13-11/h9,13-14H,3-8H2,1-2H3,(H,12,15). The largest absolute Gasteiger partial charge is 0.393 e. The Labute approximate surface area is 91.4 Å². The minimum absolute atomic E-state index is 0.0885. The SMILES string of the molecule is CC(O)CCCNC(=O)C1(C)CCCN1. The Bertz CT molecular complexity index is 211. The topological polar surface area (TPSA) is 61.4 Å². The Hall–Kier alpha value is -0.610. The quantitative estimate of drug-likeness (QED) is 0.581. The van der Waals surface area contributed by atoms with Crippen LogP contribution in [0.5, 0.6) is 0 Å². The van der Waals surface area contributed by atoms with E-state index >= 15 is 0 Å². The lowest BCUT2D eigenvalue weighted by Gasteiger charge is -2.23. The summed E-state index contributed by atoms with van der Waals surface area (Å²) in [5.74, 6) is 0.0885. The lowest BCUT2D eigenvalue weighted by Crippen LogP contribution is -2.51. The van der Waals surface area contributed by atoms with Gasteiger partial charge in [0.05, 0.1) is 11.6 Å². The van der Waals surface area contributed by atoms with Crippen molar-refractivity contribution in [2.75, 3.05) is 13.1 Å². The van der Waals surface area contributed by atoms with Gasteiger partial charge in [-0.15, -0.1) is 0 Å². The van der Waals surface area contributed by atoms with Crippen LogP contribution < -0.4 is 10.6 Å². The molecule has 0 aliphatic carbocycles. The zero-order chi connectivity index (χ0) is 11.3. The van der Waals surface area contributed by atoms with Gasteiger partial charge >= 0.3 is 0 Å². The van der Waals surface area contributed by atoms with Crippen LogP contribution in [0.25, 0.3) is 0 Å². The van der Waals surface area contributed by atoms with Crippen molar-refractivity contribution < 1.29 is 9.90 Å². The van der Waals surface area contributed by atoms with Crippen LogP contribution >= 0.6 is 0 Å². The molecule has 0 bridgehead atoms. The molecule has 1 aliphatic rings. The van der Waals surface area contributed by atoms with Gasteiger partial charge in [0.25, 0.3) is 0 Å². The maximum atomic E-state index is 11.8. The lowest BCUT2D eigenvalue weighted by atomic mass is 9.99. The molecular weight excluding hydrogens is 192 g/mol. The van der Waals surface area contributed by atoms with Crippen LogP contribution in [-0.2, 0) is 4.79 Å². The molecule has 0 saturated carbocycles. The molecule has 0 aromatic carbocycles. The van der Waals surface area contributed by atoms with Crippen molar-refractivity contribution in [1.82, 2.24) is 10.6 Å². The predicted octanol–water partition coefficient (Wildman–Crippen LogP) is 0.406. The minimum atomic E-state index is -0.370. The van der Waals surface area contributed by atoms with Crippen molar-refractivity contribution in [3.8, 4) is 0 Å². The van der Waals surface area contributed by atoms with Crippen molar-refractivity contribution in [3.05, 3.63) is 0 Å². The summed E-state index contributed by atoms with van der Waals surface area (Å²) in [6, 6.07) is 0. The maximum absolute atomic E-state index is 11.8. The summed E-state index contributed by atoms with van der Waals surface area (Å²) in [6.07, 6.45) is 3.28. The third kappa shape index (κ3) is 3.80. The van der Waals surface area contributed by atoms with Gasteiger partial charge in [-0.3, -0.25) is 4.79 Å². The molecule has 1 amide bonds. The van der Waals surface area contributed by atoms with Gasteiger partial charge in [0.1, 0.15) is 0 Å². The van der Waals surface area contributed by atoms with Crippen LogP contribution in [0.3, 0.4) is 0 Å². The lowest BCUT2D eigenvalue weighted by molar-refractivity contribution is -0.126. The number of amides is 1. The fourth-order valence-corrected chi connectivity index (χ4v) is 1.88. The second-order valence-corrected chi connectivity index (χ2v) is 4.61. The van der Waals surface area contributed by atoms with E-state index in [-0.39, 0.29) is 17.6 Å². The predicted molar refractivity (Wildman–Crippen MR) is 59.6 cm³/mol. The molecule has 1 saturated heterocycles. The van der Waals surface area contributed by atoms with E-state index in [9.17, 15) is 4.79 Å². The number of hydrogen-bond donors (Lipinski definition) is 3. The molecule has 1 rings (SSSR count). The van der Waals surface area contributed by atoms with Gasteiger partial charge in [-0.05, 0) is 46.1 Å². The van der Waals surface area contributed by atoms with Gasteiger partial charge in [-0.2, -0.15) is 0 Å². The molecule has 1 heterocycles. The van der Waals surface area contributed by atoms with Crippen LogP contribution in [0, 0.1) is 0 Å². The van der Waals surface area contributed by atoms with Crippen LogP contribution in [0.1, 0.15) is 39.5 Å². The highest BCUT2D eigenvalue weighted by molar-refractivity contribution is 5.86. The first-order valence-electron chi connectivity index (χ1n) is 5.76. The van der Waals surface area contributed by atoms with Gasteiger partial charge in [0.2, 0.25) is 5.91 Å². The van der Waals surface area contributed by atoms with E-state index in [1.54, 1.807) is 6.92 Å². The Kier molecular flexibility index (Phi) is 4.54. The van der Waals surface area contributed by atoms with Crippen molar-refractivity contribution in [2.45, 2.75) is 51.2 Å². The van der Waals surface area contributed by atoms with E-state index in [0.29, 0.717) is 6.54 Å². The number of aliphatic hydroxyl groups excluding tert-OH is 1. The number of aliphatic hydroxyl groups is 1. The highest BCUT2D eigenvalue weighted by atomic mass is 16.3. The summed E-state index contributed by atoms with van der Waals surface area (Å²) in [4.78, 5) is 11.8. The number of carbonyl (C=O) groups is 1. The monoisotopic (exact) mass is 214 g/mol. The van der Waals surface area contributed by atoms with Gasteiger partial charge in [0, 0.05) is 6.54 Å². The van der Waals surface area contributed by atoms with Crippen LogP contribution in [0.15, 0.2) is 0 Å². The van der Waals surface area contributed by atoms with Crippen LogP contribution in [0.4, 0.5) is 0 Å². The summed E-state index contributed by atoms with van der Waals surface area (Å²) in [6.45, 7) is 5.30. The molecule has 88 valence electrons. The summed E-state index contributed by atoms with van der Waals surface area (Å²) in [5, 5.41) is 15.2. The molecule has 1 aliphatic heterocycles. The molecule has 0 aromatic rings. The molecule has 2 atom stereocenters. The van der Waals surface area contributed by atoms with Gasteiger partial charge in [0.15, 0.2) is 0 Å². The van der Waals surface area contributed by atoms with Crippen molar-refractivity contribution in [1.29, 1.82) is 0 Å². The smallest absolute Gasteiger partial charge is 0.240 e. The van der Waals surface area contributed by atoms with Crippen molar-refractivity contribution in [3.63, 3.8) is 0 Å². The average molecular weight is 214 g/mol. The van der Waals surface area contributed by atoms with E-state index in [1.165, 1.54) is 0 Å². The second kappa shape index (κ2) is 5.47. The Balaban J connectivity index is 2.18. The summed E-state index contributed by atoms with van der Waals surface area (Å²) in [5.41, 5.74) is -0.370. The molecule has 15 heavy (non-hydrogen) atoms. The summed E-state index contributed by atoms with van der Waals surface area (Å²) in [7, 11) is 0. The summed E-state index contributed by atoms with van der Waals surface area (Å²) >= 11 is 0.